The second-order valence-corrected chi connectivity index (χ2v) is 11.5. The summed E-state index contributed by atoms with van der Waals surface area (Å²) in [6.45, 7) is 13.9. The van der Waals surface area contributed by atoms with Crippen molar-refractivity contribution in [2.45, 2.75) is 52.7 Å². The molecule has 39 heavy (non-hydrogen) atoms. The number of benzene rings is 2. The fourth-order valence-corrected chi connectivity index (χ4v) is 6.84. The fourth-order valence-electron chi connectivity index (χ4n) is 6.27. The first-order chi connectivity index (χ1) is 18.7. The molecule has 0 bridgehead atoms. The first-order valence-electron chi connectivity index (χ1n) is 13.5. The smallest absolute Gasteiger partial charge is 0.256 e. The van der Waals surface area contributed by atoms with Crippen molar-refractivity contribution < 1.29 is 14.4 Å². The van der Waals surface area contributed by atoms with Crippen LogP contribution >= 0.6 is 15.9 Å². The van der Waals surface area contributed by atoms with Gasteiger partial charge in [-0.15, -0.1) is 0 Å². The molecule has 2 aliphatic rings. The van der Waals surface area contributed by atoms with Crippen LogP contribution < -0.4 is 0 Å². The van der Waals surface area contributed by atoms with E-state index in [0.29, 0.717) is 31.7 Å². The zero-order chi connectivity index (χ0) is 28.0. The van der Waals surface area contributed by atoms with Gasteiger partial charge >= 0.3 is 0 Å². The van der Waals surface area contributed by atoms with E-state index >= 15 is 0 Å². The van der Waals surface area contributed by atoms with E-state index in [4.69, 9.17) is 0 Å². The number of nitrogens with zero attached hydrogens (tertiary/aromatic N) is 4. The number of aryl methyl sites for hydroxylation is 1. The summed E-state index contributed by atoms with van der Waals surface area (Å²) in [7, 11) is 0. The molecule has 204 valence electrons. The third-order valence-corrected chi connectivity index (χ3v) is 8.84. The highest BCUT2D eigenvalue weighted by Crippen LogP contribution is 2.36. The van der Waals surface area contributed by atoms with Gasteiger partial charge in [-0.25, -0.2) is 0 Å². The van der Waals surface area contributed by atoms with Gasteiger partial charge in [-0.05, 0) is 69.0 Å². The van der Waals surface area contributed by atoms with Crippen LogP contribution in [0.2, 0.25) is 0 Å². The molecule has 0 radical (unpaired) electrons. The van der Waals surface area contributed by atoms with Gasteiger partial charge in [0.1, 0.15) is 6.54 Å². The molecule has 0 N–H and O–H groups in total. The maximum absolute atomic E-state index is 14.2. The van der Waals surface area contributed by atoms with E-state index in [1.165, 1.54) is 17.2 Å². The molecule has 0 saturated carbocycles. The van der Waals surface area contributed by atoms with Crippen molar-refractivity contribution in [3.8, 4) is 0 Å². The molecule has 5 rings (SSSR count). The topological polar surface area (TPSA) is 65.9 Å². The molecular formula is C31H35BrN4O3. The summed E-state index contributed by atoms with van der Waals surface area (Å²) in [5.74, 6) is -0.135. The maximum atomic E-state index is 14.2. The van der Waals surface area contributed by atoms with Gasteiger partial charge in [-0.1, -0.05) is 46.8 Å². The van der Waals surface area contributed by atoms with Crippen molar-refractivity contribution in [1.82, 2.24) is 19.3 Å². The quantitative estimate of drug-likeness (QED) is 0.378. The Hall–Kier alpha value is -3.39. The average Bonchev–Trinajstić information content (AvgIpc) is 3.16. The van der Waals surface area contributed by atoms with Gasteiger partial charge in [0, 0.05) is 41.7 Å². The van der Waals surface area contributed by atoms with E-state index in [-0.39, 0.29) is 36.3 Å². The number of aromatic nitrogens is 1. The van der Waals surface area contributed by atoms with E-state index in [9.17, 15) is 14.4 Å². The van der Waals surface area contributed by atoms with E-state index < -0.39 is 0 Å². The van der Waals surface area contributed by atoms with Gasteiger partial charge in [-0.3, -0.25) is 14.4 Å². The maximum Gasteiger partial charge on any atom is 0.256 e. The number of hydrogen-bond acceptors (Lipinski definition) is 3. The molecule has 1 atom stereocenters. The molecule has 0 spiro atoms. The summed E-state index contributed by atoms with van der Waals surface area (Å²) in [5, 5.41) is 0.859. The lowest BCUT2D eigenvalue weighted by molar-refractivity contribution is -0.144. The summed E-state index contributed by atoms with van der Waals surface area (Å²) in [4.78, 5) is 45.3. The standard InChI is InChI=1S/C31H35BrN4O3/c1-6-27(37)33-16-24(17-33)34(7-2)28(38)18-36-21(5)29(26-15-23(32)14-19(3)30(26)36)31(39)35-13-12-22-10-8-9-11-25(22)20(35)4/h6,8-11,14-15,20,24H,1,7,12-13,16-18H2,2-5H3. The number of likely N-dealkylation sites (N-methyl/N-ethyl adjacent to an activating group) is 1. The first-order valence-corrected chi connectivity index (χ1v) is 14.3. The average molecular weight is 592 g/mol. The third-order valence-electron chi connectivity index (χ3n) is 8.38. The minimum absolute atomic E-state index is 0.00637. The van der Waals surface area contributed by atoms with Crippen LogP contribution in [0.3, 0.4) is 0 Å². The predicted octanol–water partition coefficient (Wildman–Crippen LogP) is 5.03. The minimum atomic E-state index is -0.110. The van der Waals surface area contributed by atoms with Crippen molar-refractivity contribution in [1.29, 1.82) is 0 Å². The molecule has 8 heteroatoms. The molecule has 0 aliphatic carbocycles. The minimum Gasteiger partial charge on any atom is -0.335 e. The van der Waals surface area contributed by atoms with Crippen molar-refractivity contribution in [2.24, 2.45) is 0 Å². The summed E-state index contributed by atoms with van der Waals surface area (Å²) in [6.07, 6.45) is 2.13. The summed E-state index contributed by atoms with van der Waals surface area (Å²) in [5.41, 5.74) is 5.84. The highest BCUT2D eigenvalue weighted by Gasteiger charge is 2.36. The highest BCUT2D eigenvalue weighted by molar-refractivity contribution is 9.10. The first kappa shape index (κ1) is 27.2. The Balaban J connectivity index is 1.49. The van der Waals surface area contributed by atoms with Gasteiger partial charge in [0.15, 0.2) is 0 Å². The van der Waals surface area contributed by atoms with E-state index in [1.54, 1.807) is 4.90 Å². The Morgan fingerprint density at radius 3 is 2.56 bits per heavy atom. The number of amides is 3. The molecule has 3 aromatic rings. The molecule has 7 nitrogen and oxygen atoms in total. The number of rotatable bonds is 6. The van der Waals surface area contributed by atoms with Crippen LogP contribution in [0, 0.1) is 13.8 Å². The number of likely N-dealkylation sites (tertiary alicyclic amines) is 1. The van der Waals surface area contributed by atoms with Gasteiger partial charge in [0.25, 0.3) is 5.91 Å². The zero-order valence-electron chi connectivity index (χ0n) is 23.0. The number of carbonyl (C=O) groups excluding carboxylic acids is 3. The van der Waals surface area contributed by atoms with Crippen LogP contribution in [-0.4, -0.2) is 69.2 Å². The predicted molar refractivity (Wildman–Crippen MR) is 157 cm³/mol. The normalized spacial score (nSPS) is 17.1. The van der Waals surface area contributed by atoms with Crippen molar-refractivity contribution >= 4 is 44.6 Å². The molecule has 1 fully saturated rings. The number of hydrogen-bond donors (Lipinski definition) is 0. The van der Waals surface area contributed by atoms with E-state index in [2.05, 4.69) is 47.6 Å². The second kappa shape index (κ2) is 10.6. The molecule has 2 aromatic carbocycles. The lowest BCUT2D eigenvalue weighted by Gasteiger charge is -2.44. The van der Waals surface area contributed by atoms with Crippen molar-refractivity contribution in [3.05, 3.63) is 81.5 Å². The van der Waals surface area contributed by atoms with E-state index in [0.717, 1.165) is 33.1 Å². The van der Waals surface area contributed by atoms with Crippen LogP contribution in [0.5, 0.6) is 0 Å². The highest BCUT2D eigenvalue weighted by atomic mass is 79.9. The molecule has 1 aromatic heterocycles. The summed E-state index contributed by atoms with van der Waals surface area (Å²) < 4.78 is 2.90. The van der Waals surface area contributed by atoms with Gasteiger partial charge in [0.2, 0.25) is 11.8 Å². The lowest BCUT2D eigenvalue weighted by atomic mass is 9.93. The third kappa shape index (κ3) is 4.69. The van der Waals surface area contributed by atoms with Crippen LogP contribution in [0.4, 0.5) is 0 Å². The fraction of sp³-hybridized carbons (Fsp3) is 0.387. The molecule has 2 aliphatic heterocycles. The van der Waals surface area contributed by atoms with Crippen LogP contribution in [0.15, 0.2) is 53.5 Å². The Labute approximate surface area is 238 Å². The van der Waals surface area contributed by atoms with Gasteiger partial charge in [0.05, 0.1) is 23.2 Å². The van der Waals surface area contributed by atoms with Crippen molar-refractivity contribution in [3.63, 3.8) is 0 Å². The molecule has 1 unspecified atom stereocenters. The van der Waals surface area contributed by atoms with Gasteiger partial charge in [-0.2, -0.15) is 0 Å². The summed E-state index contributed by atoms with van der Waals surface area (Å²) >= 11 is 3.63. The molecule has 1 saturated heterocycles. The number of halogens is 1. The molecular weight excluding hydrogens is 556 g/mol. The van der Waals surface area contributed by atoms with Crippen LogP contribution in [0.25, 0.3) is 10.9 Å². The Morgan fingerprint density at radius 2 is 1.87 bits per heavy atom. The van der Waals surface area contributed by atoms with Crippen LogP contribution in [0.1, 0.15) is 52.6 Å². The SMILES string of the molecule is C=CC(=O)N1CC(N(CC)C(=O)Cn2c(C)c(C(=O)N3CCc4ccccc4C3C)c3cc(Br)cc(C)c32)C1. The van der Waals surface area contributed by atoms with E-state index in [1.807, 2.05) is 53.3 Å². The molecule has 3 amide bonds. The molecule has 3 heterocycles. The zero-order valence-corrected chi connectivity index (χ0v) is 24.6. The van der Waals surface area contributed by atoms with Gasteiger partial charge < -0.3 is 19.3 Å². The summed E-state index contributed by atoms with van der Waals surface area (Å²) in [6, 6.07) is 12.3. The number of carbonyl (C=O) groups is 3. The number of fused-ring (bicyclic) bond motifs is 2. The lowest BCUT2D eigenvalue weighted by Crippen LogP contribution is -2.62. The Bertz CT molecular complexity index is 1490. The van der Waals surface area contributed by atoms with Crippen molar-refractivity contribution in [2.75, 3.05) is 26.2 Å². The monoisotopic (exact) mass is 590 g/mol. The Morgan fingerprint density at radius 1 is 1.15 bits per heavy atom. The second-order valence-electron chi connectivity index (χ2n) is 10.6. The largest absolute Gasteiger partial charge is 0.335 e. The Kier molecular flexibility index (Phi) is 7.42. The van der Waals surface area contributed by atoms with Crippen LogP contribution in [-0.2, 0) is 22.6 Å².